The molecule has 15 heavy (non-hydrogen) atoms. The van der Waals surface area contributed by atoms with Crippen LogP contribution in [0.3, 0.4) is 0 Å². The van der Waals surface area contributed by atoms with Gasteiger partial charge in [0.2, 0.25) is 0 Å². The summed E-state index contributed by atoms with van der Waals surface area (Å²) in [6.45, 7) is 6.17. The van der Waals surface area contributed by atoms with Gasteiger partial charge in [-0.05, 0) is 44.2 Å². The number of anilines is 1. The second kappa shape index (κ2) is 3.76. The smallest absolute Gasteiger partial charge is 0.123 e. The summed E-state index contributed by atoms with van der Waals surface area (Å²) < 4.78 is 0. The zero-order valence-corrected chi connectivity index (χ0v) is 9.67. The zero-order chi connectivity index (χ0) is 11.0. The predicted octanol–water partition coefficient (Wildman–Crippen LogP) is 3.22. The van der Waals surface area contributed by atoms with Gasteiger partial charge in [-0.25, -0.2) is 0 Å². The monoisotopic (exact) mass is 205 g/mol. The van der Waals surface area contributed by atoms with Gasteiger partial charge in [-0.1, -0.05) is 13.0 Å². The van der Waals surface area contributed by atoms with Crippen LogP contribution < -0.4 is 5.32 Å². The van der Waals surface area contributed by atoms with Crippen molar-refractivity contribution in [2.24, 2.45) is 5.92 Å². The summed E-state index contributed by atoms with van der Waals surface area (Å²) >= 11 is 0. The van der Waals surface area contributed by atoms with E-state index in [4.69, 9.17) is 0 Å². The fourth-order valence-corrected chi connectivity index (χ4v) is 2.23. The summed E-state index contributed by atoms with van der Waals surface area (Å²) in [4.78, 5) is 0. The molecule has 1 saturated carbocycles. The number of rotatable bonds is 2. The van der Waals surface area contributed by atoms with Gasteiger partial charge in [-0.3, -0.25) is 0 Å². The summed E-state index contributed by atoms with van der Waals surface area (Å²) in [6, 6.07) is 4.63. The number of hydrogen-bond acceptors (Lipinski definition) is 2. The van der Waals surface area contributed by atoms with Gasteiger partial charge >= 0.3 is 0 Å². The highest BCUT2D eigenvalue weighted by Gasteiger charge is 2.25. The lowest BCUT2D eigenvalue weighted by Crippen LogP contribution is -2.33. The maximum absolute atomic E-state index is 9.80. The summed E-state index contributed by atoms with van der Waals surface area (Å²) in [5, 5.41) is 13.3. The first kappa shape index (κ1) is 10.3. The van der Waals surface area contributed by atoms with Crippen LogP contribution in [0.4, 0.5) is 5.69 Å². The number of aryl methyl sites for hydroxylation is 1. The maximum Gasteiger partial charge on any atom is 0.123 e. The van der Waals surface area contributed by atoms with E-state index < -0.39 is 0 Å². The molecule has 0 unspecified atom stereocenters. The lowest BCUT2D eigenvalue weighted by molar-refractivity contribution is 0.309. The van der Waals surface area contributed by atoms with Crippen molar-refractivity contribution in [1.29, 1.82) is 0 Å². The summed E-state index contributed by atoms with van der Waals surface area (Å²) in [5.74, 6) is 1.27. The normalized spacial score (nSPS) is 24.7. The van der Waals surface area contributed by atoms with Crippen LogP contribution >= 0.6 is 0 Å². The van der Waals surface area contributed by atoms with E-state index in [9.17, 15) is 5.11 Å². The molecule has 0 amide bonds. The number of phenolic OH excluding ortho intramolecular Hbond substituents is 1. The number of nitrogens with one attached hydrogen (secondary N) is 1. The van der Waals surface area contributed by atoms with Crippen LogP contribution in [0.2, 0.25) is 0 Å². The molecule has 0 spiro atoms. The SMILES string of the molecule is Cc1ccc(NC2CC(C)C2)c(C)c1O. The summed E-state index contributed by atoms with van der Waals surface area (Å²) in [6.07, 6.45) is 2.49. The minimum Gasteiger partial charge on any atom is -0.507 e. The Morgan fingerprint density at radius 1 is 1.27 bits per heavy atom. The number of phenols is 1. The molecule has 0 saturated heterocycles. The average Bonchev–Trinajstić information content (AvgIpc) is 2.16. The molecule has 2 N–H and O–H groups in total. The number of hydrogen-bond donors (Lipinski definition) is 2. The van der Waals surface area contributed by atoms with Gasteiger partial charge in [0, 0.05) is 17.3 Å². The molecule has 82 valence electrons. The number of benzene rings is 1. The molecule has 1 aliphatic carbocycles. The minimum absolute atomic E-state index is 0.423. The first-order valence-electron chi connectivity index (χ1n) is 5.63. The maximum atomic E-state index is 9.80. The fourth-order valence-electron chi connectivity index (χ4n) is 2.23. The van der Waals surface area contributed by atoms with Crippen molar-refractivity contribution in [2.45, 2.75) is 39.7 Å². The van der Waals surface area contributed by atoms with Crippen molar-refractivity contribution in [3.8, 4) is 5.75 Å². The Balaban J connectivity index is 2.12. The quantitative estimate of drug-likeness (QED) is 0.777. The highest BCUT2D eigenvalue weighted by molar-refractivity contribution is 5.59. The van der Waals surface area contributed by atoms with Crippen LogP contribution in [0.1, 0.15) is 30.9 Å². The van der Waals surface area contributed by atoms with Crippen LogP contribution in [0.15, 0.2) is 12.1 Å². The standard InChI is InChI=1S/C13H19NO/c1-8-6-11(7-8)14-12-5-4-9(2)13(15)10(12)3/h4-5,8,11,14-15H,6-7H2,1-3H3. The van der Waals surface area contributed by atoms with Crippen LogP contribution in [0.25, 0.3) is 0 Å². The molecule has 0 radical (unpaired) electrons. The second-order valence-electron chi connectivity index (χ2n) is 4.82. The number of aromatic hydroxyl groups is 1. The summed E-state index contributed by atoms with van der Waals surface area (Å²) in [5.41, 5.74) is 2.99. The van der Waals surface area contributed by atoms with Crippen molar-refractivity contribution in [2.75, 3.05) is 5.32 Å². The van der Waals surface area contributed by atoms with Crippen molar-refractivity contribution >= 4 is 5.69 Å². The van der Waals surface area contributed by atoms with Crippen molar-refractivity contribution in [3.05, 3.63) is 23.3 Å². The Bertz CT molecular complexity index is 367. The van der Waals surface area contributed by atoms with E-state index in [1.54, 1.807) is 0 Å². The Labute approximate surface area is 91.3 Å². The topological polar surface area (TPSA) is 32.3 Å². The second-order valence-corrected chi connectivity index (χ2v) is 4.82. The Morgan fingerprint density at radius 2 is 1.93 bits per heavy atom. The van der Waals surface area contributed by atoms with Gasteiger partial charge in [0.05, 0.1) is 0 Å². The van der Waals surface area contributed by atoms with E-state index >= 15 is 0 Å². The van der Waals surface area contributed by atoms with Crippen LogP contribution in [-0.4, -0.2) is 11.1 Å². The van der Waals surface area contributed by atoms with Crippen molar-refractivity contribution < 1.29 is 5.11 Å². The van der Waals surface area contributed by atoms with E-state index in [1.807, 2.05) is 19.9 Å². The molecule has 2 rings (SSSR count). The van der Waals surface area contributed by atoms with Crippen LogP contribution in [0, 0.1) is 19.8 Å². The molecule has 1 aliphatic rings. The molecule has 0 aliphatic heterocycles. The molecule has 0 atom stereocenters. The fraction of sp³-hybridized carbons (Fsp3) is 0.538. The van der Waals surface area contributed by atoms with Gasteiger partial charge in [0.15, 0.2) is 0 Å². The van der Waals surface area contributed by atoms with Crippen LogP contribution in [-0.2, 0) is 0 Å². The molecule has 1 aromatic carbocycles. The molecular formula is C13H19NO. The van der Waals surface area contributed by atoms with Crippen LogP contribution in [0.5, 0.6) is 5.75 Å². The molecule has 0 aromatic heterocycles. The van der Waals surface area contributed by atoms with Gasteiger partial charge in [0.1, 0.15) is 5.75 Å². The molecule has 1 fully saturated rings. The third-order valence-electron chi connectivity index (χ3n) is 3.37. The van der Waals surface area contributed by atoms with Crippen molar-refractivity contribution in [3.63, 3.8) is 0 Å². The molecule has 0 heterocycles. The first-order valence-corrected chi connectivity index (χ1v) is 5.63. The summed E-state index contributed by atoms with van der Waals surface area (Å²) in [7, 11) is 0. The lowest BCUT2D eigenvalue weighted by Gasteiger charge is -2.34. The highest BCUT2D eigenvalue weighted by atomic mass is 16.3. The predicted molar refractivity (Wildman–Crippen MR) is 63.4 cm³/mol. The zero-order valence-electron chi connectivity index (χ0n) is 9.67. The van der Waals surface area contributed by atoms with Gasteiger partial charge in [-0.15, -0.1) is 0 Å². The minimum atomic E-state index is 0.423. The third-order valence-corrected chi connectivity index (χ3v) is 3.37. The Hall–Kier alpha value is -1.18. The van der Waals surface area contributed by atoms with E-state index in [1.165, 1.54) is 12.8 Å². The van der Waals surface area contributed by atoms with E-state index in [0.29, 0.717) is 11.8 Å². The highest BCUT2D eigenvalue weighted by Crippen LogP contribution is 2.33. The molecular weight excluding hydrogens is 186 g/mol. The van der Waals surface area contributed by atoms with E-state index in [2.05, 4.69) is 18.3 Å². The average molecular weight is 205 g/mol. The first-order chi connectivity index (χ1) is 7.08. The van der Waals surface area contributed by atoms with E-state index in [-0.39, 0.29) is 0 Å². The van der Waals surface area contributed by atoms with Gasteiger partial charge in [0.25, 0.3) is 0 Å². The lowest BCUT2D eigenvalue weighted by atomic mass is 9.81. The Kier molecular flexibility index (Phi) is 2.59. The Morgan fingerprint density at radius 3 is 2.53 bits per heavy atom. The molecule has 1 aromatic rings. The van der Waals surface area contributed by atoms with E-state index in [0.717, 1.165) is 22.7 Å². The third kappa shape index (κ3) is 1.94. The van der Waals surface area contributed by atoms with Crippen molar-refractivity contribution in [1.82, 2.24) is 0 Å². The van der Waals surface area contributed by atoms with Gasteiger partial charge in [-0.2, -0.15) is 0 Å². The molecule has 2 nitrogen and oxygen atoms in total. The molecule has 0 bridgehead atoms. The molecule has 2 heteroatoms. The van der Waals surface area contributed by atoms with Gasteiger partial charge < -0.3 is 10.4 Å². The largest absolute Gasteiger partial charge is 0.507 e.